The molecule has 2 N–H and O–H groups in total. The summed E-state index contributed by atoms with van der Waals surface area (Å²) >= 11 is 5.75. The summed E-state index contributed by atoms with van der Waals surface area (Å²) < 4.78 is 40.7. The van der Waals surface area contributed by atoms with Crippen molar-refractivity contribution >= 4 is 21.6 Å². The first-order valence-electron chi connectivity index (χ1n) is 5.93. The van der Waals surface area contributed by atoms with Gasteiger partial charge in [0.05, 0.1) is 6.61 Å². The Morgan fingerprint density at radius 2 is 2.05 bits per heavy atom. The summed E-state index contributed by atoms with van der Waals surface area (Å²) in [4.78, 5) is 1.25. The minimum Gasteiger partial charge on any atom is -0.392 e. The van der Waals surface area contributed by atoms with Crippen molar-refractivity contribution in [3.05, 3.63) is 28.5 Å². The number of likely N-dealkylation sites (N-methyl/N-ethyl adjacent to an activating group) is 1. The van der Waals surface area contributed by atoms with Crippen molar-refractivity contribution in [1.82, 2.24) is 9.62 Å². The normalized spacial score (nSPS) is 13.8. The summed E-state index contributed by atoms with van der Waals surface area (Å²) in [5.74, 6) is -0.985. The largest absolute Gasteiger partial charge is 0.392 e. The number of nitrogens with one attached hydrogen (secondary N) is 1. The van der Waals surface area contributed by atoms with Gasteiger partial charge in [-0.15, -0.1) is 0 Å². The lowest BCUT2D eigenvalue weighted by Crippen LogP contribution is -2.39. The quantitative estimate of drug-likeness (QED) is 0.825. The summed E-state index contributed by atoms with van der Waals surface area (Å²) in [7, 11) is -0.438. The molecule has 0 aromatic heterocycles. The second kappa shape index (κ2) is 6.82. The summed E-state index contributed by atoms with van der Waals surface area (Å²) in [5.41, 5.74) is -0.155. The third kappa shape index (κ3) is 4.39. The fourth-order valence-corrected chi connectivity index (χ4v) is 3.53. The van der Waals surface area contributed by atoms with Crippen LogP contribution in [0.15, 0.2) is 17.0 Å². The van der Waals surface area contributed by atoms with E-state index in [2.05, 4.69) is 4.72 Å². The molecule has 20 heavy (non-hydrogen) atoms. The maximum Gasteiger partial charge on any atom is 0.243 e. The number of hydrogen-bond acceptors (Lipinski definition) is 4. The molecule has 0 aliphatic rings. The summed E-state index contributed by atoms with van der Waals surface area (Å²) in [6.07, 6.45) is 0. The number of aliphatic hydroxyl groups is 1. The van der Waals surface area contributed by atoms with Gasteiger partial charge in [0.2, 0.25) is 10.0 Å². The van der Waals surface area contributed by atoms with Crippen LogP contribution in [-0.4, -0.2) is 45.1 Å². The number of aliphatic hydroxyl groups excluding tert-OH is 1. The van der Waals surface area contributed by atoms with E-state index >= 15 is 0 Å². The molecule has 0 saturated carbocycles. The molecule has 5 nitrogen and oxygen atoms in total. The van der Waals surface area contributed by atoms with Crippen LogP contribution in [0.1, 0.15) is 12.5 Å². The van der Waals surface area contributed by atoms with E-state index in [9.17, 15) is 12.8 Å². The van der Waals surface area contributed by atoms with Gasteiger partial charge in [-0.2, -0.15) is 0 Å². The van der Waals surface area contributed by atoms with Gasteiger partial charge < -0.3 is 10.0 Å². The third-order valence-corrected chi connectivity index (χ3v) is 4.34. The van der Waals surface area contributed by atoms with Crippen LogP contribution in [0.3, 0.4) is 0 Å². The lowest BCUT2D eigenvalue weighted by molar-refractivity contribution is 0.274. The highest BCUT2D eigenvalue weighted by Gasteiger charge is 2.24. The molecule has 0 spiro atoms. The van der Waals surface area contributed by atoms with Crippen molar-refractivity contribution in [3.63, 3.8) is 0 Å². The summed E-state index contributed by atoms with van der Waals surface area (Å²) in [6, 6.07) is 1.82. The van der Waals surface area contributed by atoms with E-state index in [0.29, 0.717) is 6.54 Å². The smallest absolute Gasteiger partial charge is 0.243 e. The number of halogens is 2. The van der Waals surface area contributed by atoms with Crippen molar-refractivity contribution < 1.29 is 17.9 Å². The van der Waals surface area contributed by atoms with Crippen LogP contribution >= 0.6 is 11.6 Å². The van der Waals surface area contributed by atoms with Crippen LogP contribution in [0.2, 0.25) is 5.02 Å². The number of nitrogens with zero attached hydrogens (tertiary/aromatic N) is 1. The van der Waals surface area contributed by atoms with Crippen LogP contribution in [0, 0.1) is 5.82 Å². The molecule has 1 unspecified atom stereocenters. The standard InChI is InChI=1S/C12H18ClFN2O3S/c1-8(6-16(2)3)15-20(18,19)11-5-10(13)4-9(7-17)12(11)14/h4-5,8,15,17H,6-7H2,1-3H3. The predicted octanol–water partition coefficient (Wildman–Crippen LogP) is 1.20. The third-order valence-electron chi connectivity index (χ3n) is 2.53. The van der Waals surface area contributed by atoms with Gasteiger partial charge >= 0.3 is 0 Å². The Labute approximate surface area is 123 Å². The fourth-order valence-electron chi connectivity index (χ4n) is 1.84. The number of hydrogen-bond donors (Lipinski definition) is 2. The molecule has 0 amide bonds. The Morgan fingerprint density at radius 3 is 2.55 bits per heavy atom. The van der Waals surface area contributed by atoms with E-state index in [1.54, 1.807) is 25.9 Å². The highest BCUT2D eigenvalue weighted by molar-refractivity contribution is 7.89. The molecule has 0 fully saturated rings. The maximum absolute atomic E-state index is 14.0. The molecule has 1 aromatic carbocycles. The second-order valence-electron chi connectivity index (χ2n) is 4.82. The Kier molecular flexibility index (Phi) is 5.91. The lowest BCUT2D eigenvalue weighted by Gasteiger charge is -2.19. The van der Waals surface area contributed by atoms with Gasteiger partial charge in [0.15, 0.2) is 0 Å². The maximum atomic E-state index is 14.0. The van der Waals surface area contributed by atoms with Gasteiger partial charge in [-0.3, -0.25) is 0 Å². The monoisotopic (exact) mass is 324 g/mol. The van der Waals surface area contributed by atoms with E-state index in [-0.39, 0.29) is 10.6 Å². The van der Waals surface area contributed by atoms with Crippen molar-refractivity contribution in [3.8, 4) is 0 Å². The second-order valence-corrected chi connectivity index (χ2v) is 6.94. The van der Waals surface area contributed by atoms with Crippen molar-refractivity contribution in [2.45, 2.75) is 24.5 Å². The van der Waals surface area contributed by atoms with Gasteiger partial charge in [0, 0.05) is 23.2 Å². The molecule has 0 aliphatic heterocycles. The van der Waals surface area contributed by atoms with Gasteiger partial charge in [-0.25, -0.2) is 17.5 Å². The molecule has 1 rings (SSSR count). The Morgan fingerprint density at radius 1 is 1.45 bits per heavy atom. The zero-order valence-electron chi connectivity index (χ0n) is 11.5. The van der Waals surface area contributed by atoms with Crippen molar-refractivity contribution in [1.29, 1.82) is 0 Å². The highest BCUT2D eigenvalue weighted by Crippen LogP contribution is 2.24. The Bertz CT molecular complexity index is 578. The molecule has 0 bridgehead atoms. The average Bonchev–Trinajstić information content (AvgIpc) is 2.29. The van der Waals surface area contributed by atoms with Crippen molar-refractivity contribution in [2.24, 2.45) is 0 Å². The van der Waals surface area contributed by atoms with Crippen LogP contribution in [-0.2, 0) is 16.6 Å². The minimum absolute atomic E-state index is 0.0519. The molecule has 0 aliphatic carbocycles. The minimum atomic E-state index is -4.04. The van der Waals surface area contributed by atoms with Gasteiger partial charge in [0.25, 0.3) is 0 Å². The van der Waals surface area contributed by atoms with Crippen molar-refractivity contribution in [2.75, 3.05) is 20.6 Å². The van der Waals surface area contributed by atoms with E-state index in [0.717, 1.165) is 6.07 Å². The van der Waals surface area contributed by atoms with Crippen LogP contribution < -0.4 is 4.72 Å². The zero-order valence-corrected chi connectivity index (χ0v) is 13.1. The number of sulfonamides is 1. The van der Waals surface area contributed by atoms with E-state index < -0.39 is 33.4 Å². The number of rotatable bonds is 6. The topological polar surface area (TPSA) is 69.6 Å². The predicted molar refractivity (Wildman–Crippen MR) is 75.7 cm³/mol. The Balaban J connectivity index is 3.13. The molecule has 1 aromatic rings. The average molecular weight is 325 g/mol. The molecule has 1 atom stereocenters. The van der Waals surface area contributed by atoms with Gasteiger partial charge in [-0.05, 0) is 33.2 Å². The SMILES string of the molecule is CC(CN(C)C)NS(=O)(=O)c1cc(Cl)cc(CO)c1F. The van der Waals surface area contributed by atoms with Gasteiger partial charge in [0.1, 0.15) is 10.7 Å². The van der Waals surface area contributed by atoms with Gasteiger partial charge in [-0.1, -0.05) is 11.6 Å². The van der Waals surface area contributed by atoms with Crippen LogP contribution in [0.4, 0.5) is 4.39 Å². The summed E-state index contributed by atoms with van der Waals surface area (Å²) in [5, 5.41) is 9.07. The van der Waals surface area contributed by atoms with Crippen LogP contribution in [0.5, 0.6) is 0 Å². The molecule has 114 valence electrons. The summed E-state index contributed by atoms with van der Waals surface area (Å²) in [6.45, 7) is 1.52. The Hall–Kier alpha value is -0.730. The fraction of sp³-hybridized carbons (Fsp3) is 0.500. The molecule has 0 radical (unpaired) electrons. The van der Waals surface area contributed by atoms with E-state index in [1.807, 2.05) is 0 Å². The number of benzene rings is 1. The first kappa shape index (κ1) is 17.3. The molecule has 0 saturated heterocycles. The van der Waals surface area contributed by atoms with E-state index in [4.69, 9.17) is 16.7 Å². The van der Waals surface area contributed by atoms with Crippen LogP contribution in [0.25, 0.3) is 0 Å². The highest BCUT2D eigenvalue weighted by atomic mass is 35.5. The molecular formula is C12H18ClFN2O3S. The molecular weight excluding hydrogens is 307 g/mol. The zero-order chi connectivity index (χ0) is 15.5. The first-order chi connectivity index (χ1) is 9.17. The van der Waals surface area contributed by atoms with E-state index in [1.165, 1.54) is 6.07 Å². The lowest BCUT2D eigenvalue weighted by atomic mass is 10.2. The molecule has 0 heterocycles. The molecule has 8 heteroatoms. The first-order valence-corrected chi connectivity index (χ1v) is 7.79.